The molecular formula is C70H139NO3. The van der Waals surface area contributed by atoms with Gasteiger partial charge in [-0.15, -0.1) is 0 Å². The van der Waals surface area contributed by atoms with Crippen LogP contribution in [0.5, 0.6) is 0 Å². The summed E-state index contributed by atoms with van der Waals surface area (Å²) in [7, 11) is 0. The number of carbonyl (C=O) groups excluding carboxylic acids is 1. The van der Waals surface area contributed by atoms with Crippen molar-refractivity contribution in [2.75, 3.05) is 6.61 Å². The van der Waals surface area contributed by atoms with Gasteiger partial charge < -0.3 is 15.5 Å². The van der Waals surface area contributed by atoms with Gasteiger partial charge in [0.15, 0.2) is 0 Å². The first-order valence-electron chi connectivity index (χ1n) is 34.9. The summed E-state index contributed by atoms with van der Waals surface area (Å²) < 4.78 is 0. The molecule has 0 saturated carbocycles. The van der Waals surface area contributed by atoms with Crippen molar-refractivity contribution in [3.05, 3.63) is 12.2 Å². The van der Waals surface area contributed by atoms with Crippen molar-refractivity contribution in [1.82, 2.24) is 5.32 Å². The van der Waals surface area contributed by atoms with E-state index in [0.717, 1.165) is 25.7 Å². The third-order valence-electron chi connectivity index (χ3n) is 16.8. The second kappa shape index (κ2) is 66.4. The van der Waals surface area contributed by atoms with Crippen LogP contribution in [0.2, 0.25) is 0 Å². The number of hydrogen-bond acceptors (Lipinski definition) is 3. The molecule has 2 unspecified atom stereocenters. The standard InChI is InChI=1S/C70H139NO3/c1-3-5-7-9-11-13-15-17-19-21-23-25-27-29-31-32-33-34-35-36-37-38-39-40-42-44-46-48-50-52-54-56-58-60-62-64-66-70(74)71-68(67-72)69(73)65-63-61-59-57-55-53-51-49-47-45-43-41-30-28-26-24-22-20-18-16-14-12-10-8-6-4-2/h63,65,68-69,72-73H,3-62,64,66-67H2,1-2H3,(H,71,74)/b65-63+. The maximum absolute atomic E-state index is 12.5. The highest BCUT2D eigenvalue weighted by Gasteiger charge is 2.18. The van der Waals surface area contributed by atoms with Crippen molar-refractivity contribution in [2.45, 2.75) is 424 Å². The van der Waals surface area contributed by atoms with Gasteiger partial charge in [0, 0.05) is 6.42 Å². The summed E-state index contributed by atoms with van der Waals surface area (Å²) in [4.78, 5) is 12.5. The first kappa shape index (κ1) is 73.1. The van der Waals surface area contributed by atoms with Gasteiger partial charge in [-0.05, 0) is 19.3 Å². The minimum atomic E-state index is -0.837. The molecule has 1 amide bonds. The topological polar surface area (TPSA) is 69.6 Å². The molecule has 0 fully saturated rings. The zero-order chi connectivity index (χ0) is 53.4. The molecule has 0 rings (SSSR count). The molecule has 0 aromatic rings. The van der Waals surface area contributed by atoms with Gasteiger partial charge in [-0.3, -0.25) is 4.79 Å². The number of hydrogen-bond donors (Lipinski definition) is 3. The SMILES string of the molecule is CCCCCCCCCCCCCCCCCCCCCCCCCC/C=C/C(O)C(CO)NC(=O)CCCCCCCCCCCCCCCCCCCCCCCCCCCCCCCCCCCCCC. The second-order valence-electron chi connectivity index (χ2n) is 24.3. The van der Waals surface area contributed by atoms with Crippen molar-refractivity contribution in [1.29, 1.82) is 0 Å². The highest BCUT2D eigenvalue weighted by Crippen LogP contribution is 2.20. The highest BCUT2D eigenvalue weighted by atomic mass is 16.3. The van der Waals surface area contributed by atoms with Crippen LogP contribution in [0, 0.1) is 0 Å². The van der Waals surface area contributed by atoms with Gasteiger partial charge in [-0.2, -0.15) is 0 Å². The molecule has 0 radical (unpaired) electrons. The smallest absolute Gasteiger partial charge is 0.220 e. The minimum absolute atomic E-state index is 0.0531. The zero-order valence-electron chi connectivity index (χ0n) is 51.2. The molecule has 4 nitrogen and oxygen atoms in total. The quantitative estimate of drug-likeness (QED) is 0.0420. The Morgan fingerprint density at radius 3 is 0.703 bits per heavy atom. The van der Waals surface area contributed by atoms with Gasteiger partial charge in [0.2, 0.25) is 5.91 Å². The van der Waals surface area contributed by atoms with Crippen LogP contribution in [-0.2, 0) is 4.79 Å². The molecule has 4 heteroatoms. The molecule has 0 aromatic carbocycles. The molecule has 2 atom stereocenters. The van der Waals surface area contributed by atoms with Crippen LogP contribution in [0.1, 0.15) is 412 Å². The molecule has 0 saturated heterocycles. The van der Waals surface area contributed by atoms with Crippen LogP contribution in [0.15, 0.2) is 12.2 Å². The molecule has 0 aromatic heterocycles. The van der Waals surface area contributed by atoms with Crippen molar-refractivity contribution < 1.29 is 15.0 Å². The number of aliphatic hydroxyl groups excluding tert-OH is 2. The fraction of sp³-hybridized carbons (Fsp3) is 0.957. The minimum Gasteiger partial charge on any atom is -0.394 e. The summed E-state index contributed by atoms with van der Waals surface area (Å²) in [5.41, 5.74) is 0. The van der Waals surface area contributed by atoms with Crippen molar-refractivity contribution in [3.8, 4) is 0 Å². The van der Waals surface area contributed by atoms with Crippen LogP contribution >= 0.6 is 0 Å². The summed E-state index contributed by atoms with van der Waals surface area (Å²) in [5, 5.41) is 23.3. The number of rotatable bonds is 66. The number of unbranched alkanes of at least 4 members (excludes halogenated alkanes) is 59. The molecule has 74 heavy (non-hydrogen) atoms. The fourth-order valence-corrected chi connectivity index (χ4v) is 11.5. The average Bonchev–Trinajstić information content (AvgIpc) is 3.40. The largest absolute Gasteiger partial charge is 0.394 e. The Balaban J connectivity index is 3.38. The predicted molar refractivity (Wildman–Crippen MR) is 332 cm³/mol. The number of allylic oxidation sites excluding steroid dienone is 1. The monoisotopic (exact) mass is 1040 g/mol. The molecule has 0 heterocycles. The highest BCUT2D eigenvalue weighted by molar-refractivity contribution is 5.76. The van der Waals surface area contributed by atoms with E-state index in [4.69, 9.17) is 0 Å². The maximum Gasteiger partial charge on any atom is 0.220 e. The molecular weight excluding hydrogens is 903 g/mol. The Morgan fingerprint density at radius 1 is 0.311 bits per heavy atom. The van der Waals surface area contributed by atoms with Crippen LogP contribution in [-0.4, -0.2) is 34.9 Å². The van der Waals surface area contributed by atoms with E-state index < -0.39 is 12.1 Å². The van der Waals surface area contributed by atoms with Gasteiger partial charge in [0.05, 0.1) is 18.8 Å². The van der Waals surface area contributed by atoms with E-state index in [1.54, 1.807) is 6.08 Å². The third-order valence-corrected chi connectivity index (χ3v) is 16.8. The number of carbonyl (C=O) groups is 1. The van der Waals surface area contributed by atoms with Gasteiger partial charge in [-0.1, -0.05) is 398 Å². The lowest BCUT2D eigenvalue weighted by molar-refractivity contribution is -0.123. The van der Waals surface area contributed by atoms with Crippen molar-refractivity contribution in [3.63, 3.8) is 0 Å². The Hall–Kier alpha value is -0.870. The zero-order valence-corrected chi connectivity index (χ0v) is 51.2. The van der Waals surface area contributed by atoms with Gasteiger partial charge in [0.25, 0.3) is 0 Å². The average molecular weight is 1040 g/mol. The van der Waals surface area contributed by atoms with Crippen LogP contribution < -0.4 is 5.32 Å². The lowest BCUT2D eigenvalue weighted by Crippen LogP contribution is -2.45. The van der Waals surface area contributed by atoms with E-state index in [1.807, 2.05) is 6.08 Å². The first-order valence-corrected chi connectivity index (χ1v) is 34.9. The van der Waals surface area contributed by atoms with E-state index in [2.05, 4.69) is 19.2 Å². The molecule has 0 spiro atoms. The molecule has 3 N–H and O–H groups in total. The fourth-order valence-electron chi connectivity index (χ4n) is 11.5. The summed E-state index contributed by atoms with van der Waals surface area (Å²) in [6, 6.07) is -0.620. The maximum atomic E-state index is 12.5. The van der Waals surface area contributed by atoms with Crippen LogP contribution in [0.25, 0.3) is 0 Å². The molecule has 0 bridgehead atoms. The van der Waals surface area contributed by atoms with E-state index in [1.165, 1.54) is 366 Å². The Kier molecular flexibility index (Phi) is 65.6. The van der Waals surface area contributed by atoms with E-state index >= 15 is 0 Å². The molecule has 0 aliphatic heterocycles. The van der Waals surface area contributed by atoms with E-state index in [9.17, 15) is 15.0 Å². The predicted octanol–water partition coefficient (Wildman–Crippen LogP) is 23.6. The lowest BCUT2D eigenvalue weighted by atomic mass is 10.0. The number of amides is 1. The Labute approximate surface area is 467 Å². The third kappa shape index (κ3) is 62.0. The van der Waals surface area contributed by atoms with E-state index in [0.29, 0.717) is 6.42 Å². The molecule has 0 aliphatic rings. The van der Waals surface area contributed by atoms with Gasteiger partial charge in [-0.25, -0.2) is 0 Å². The summed E-state index contributed by atoms with van der Waals surface area (Å²) in [6.07, 6.45) is 88.8. The number of nitrogens with one attached hydrogen (secondary N) is 1. The lowest BCUT2D eigenvalue weighted by Gasteiger charge is -2.20. The first-order chi connectivity index (χ1) is 36.7. The normalized spacial score (nSPS) is 12.6. The number of aliphatic hydroxyl groups is 2. The van der Waals surface area contributed by atoms with E-state index in [-0.39, 0.29) is 12.5 Å². The Morgan fingerprint density at radius 2 is 0.500 bits per heavy atom. The summed E-state index contributed by atoms with van der Waals surface area (Å²) in [6.45, 7) is 4.37. The van der Waals surface area contributed by atoms with Crippen molar-refractivity contribution >= 4 is 5.91 Å². The molecule has 0 aliphatic carbocycles. The van der Waals surface area contributed by atoms with Crippen molar-refractivity contribution in [2.24, 2.45) is 0 Å². The summed E-state index contributed by atoms with van der Waals surface area (Å²) >= 11 is 0. The van der Waals surface area contributed by atoms with Crippen LogP contribution in [0.3, 0.4) is 0 Å². The van der Waals surface area contributed by atoms with Crippen LogP contribution in [0.4, 0.5) is 0 Å². The Bertz CT molecular complexity index is 1040. The summed E-state index contributed by atoms with van der Waals surface area (Å²) in [5.74, 6) is -0.0531. The van der Waals surface area contributed by atoms with Gasteiger partial charge >= 0.3 is 0 Å². The van der Waals surface area contributed by atoms with Gasteiger partial charge in [0.1, 0.15) is 0 Å². The molecule has 442 valence electrons. The second-order valence-corrected chi connectivity index (χ2v) is 24.3.